The Hall–Kier alpha value is -1.61. The lowest BCUT2D eigenvalue weighted by Gasteiger charge is -2.31. The Bertz CT molecular complexity index is 402. The van der Waals surface area contributed by atoms with Gasteiger partial charge in [-0.2, -0.15) is 0 Å². The molecule has 0 spiro atoms. The largest absolute Gasteiger partial charge is 0.334 e. The second-order valence-electron chi connectivity index (χ2n) is 4.84. The lowest BCUT2D eigenvalue weighted by Crippen LogP contribution is -2.47. The predicted octanol–water partition coefficient (Wildman–Crippen LogP) is 2.72. The summed E-state index contributed by atoms with van der Waals surface area (Å²) in [5, 5.41) is 0. The van der Waals surface area contributed by atoms with Gasteiger partial charge in [-0.25, -0.2) is 0 Å². The van der Waals surface area contributed by atoms with Crippen LogP contribution in [0.5, 0.6) is 0 Å². The van der Waals surface area contributed by atoms with Gasteiger partial charge in [0, 0.05) is 12.6 Å². The van der Waals surface area contributed by atoms with Gasteiger partial charge >= 0.3 is 0 Å². The minimum Gasteiger partial charge on any atom is -0.334 e. The number of carbonyl (C=O) groups excluding carboxylic acids is 1. The molecule has 0 radical (unpaired) electrons. The zero-order valence-corrected chi connectivity index (χ0v) is 11.9. The highest BCUT2D eigenvalue weighted by Crippen LogP contribution is 2.13. The minimum atomic E-state index is -0.491. The standard InChI is InChI=1S/C16H24N2O/c1-4-9-15(17)16(19)18(13(3)5-2)12-14-10-7-6-8-11-14/h4,6-8,10-11,13,15H,1,5,9,12,17H2,2-3H3. The molecule has 0 aromatic heterocycles. The molecule has 0 aliphatic heterocycles. The van der Waals surface area contributed by atoms with Crippen LogP contribution in [0.2, 0.25) is 0 Å². The maximum Gasteiger partial charge on any atom is 0.240 e. The van der Waals surface area contributed by atoms with Crippen molar-refractivity contribution in [3.8, 4) is 0 Å². The molecule has 3 heteroatoms. The summed E-state index contributed by atoms with van der Waals surface area (Å²) in [5.74, 6) is -0.00176. The van der Waals surface area contributed by atoms with Crippen LogP contribution in [0.25, 0.3) is 0 Å². The van der Waals surface area contributed by atoms with Crippen molar-refractivity contribution in [1.29, 1.82) is 0 Å². The lowest BCUT2D eigenvalue weighted by molar-refractivity contribution is -0.135. The highest BCUT2D eigenvalue weighted by atomic mass is 16.2. The van der Waals surface area contributed by atoms with E-state index in [1.807, 2.05) is 35.2 Å². The van der Waals surface area contributed by atoms with Crippen LogP contribution in [-0.4, -0.2) is 22.9 Å². The van der Waals surface area contributed by atoms with Gasteiger partial charge in [0.05, 0.1) is 6.04 Å². The molecular formula is C16H24N2O. The molecule has 0 bridgehead atoms. The Kier molecular flexibility index (Phi) is 6.30. The highest BCUT2D eigenvalue weighted by Gasteiger charge is 2.23. The van der Waals surface area contributed by atoms with Gasteiger partial charge in [0.2, 0.25) is 5.91 Å². The summed E-state index contributed by atoms with van der Waals surface area (Å²) in [4.78, 5) is 14.3. The van der Waals surface area contributed by atoms with Crippen molar-refractivity contribution in [2.45, 2.75) is 45.3 Å². The molecule has 2 N–H and O–H groups in total. The molecule has 1 rings (SSSR count). The lowest BCUT2D eigenvalue weighted by atomic mass is 10.1. The average Bonchev–Trinajstić information content (AvgIpc) is 2.44. The number of nitrogens with zero attached hydrogens (tertiary/aromatic N) is 1. The normalized spacial score (nSPS) is 13.6. The maximum absolute atomic E-state index is 12.4. The van der Waals surface area contributed by atoms with E-state index in [9.17, 15) is 4.79 Å². The fourth-order valence-electron chi connectivity index (χ4n) is 1.94. The van der Waals surface area contributed by atoms with Gasteiger partial charge < -0.3 is 10.6 Å². The van der Waals surface area contributed by atoms with Crippen molar-refractivity contribution < 1.29 is 4.79 Å². The van der Waals surface area contributed by atoms with Crippen molar-refractivity contribution in [1.82, 2.24) is 4.90 Å². The van der Waals surface area contributed by atoms with Gasteiger partial charge in [0.25, 0.3) is 0 Å². The highest BCUT2D eigenvalue weighted by molar-refractivity contribution is 5.82. The summed E-state index contributed by atoms with van der Waals surface area (Å²) in [6.07, 6.45) is 3.12. The molecule has 1 amide bonds. The van der Waals surface area contributed by atoms with Gasteiger partial charge in [-0.1, -0.05) is 43.3 Å². The summed E-state index contributed by atoms with van der Waals surface area (Å²) in [5.41, 5.74) is 7.04. The molecule has 2 atom stereocenters. The number of benzene rings is 1. The minimum absolute atomic E-state index is 0.00176. The van der Waals surface area contributed by atoms with Gasteiger partial charge in [-0.15, -0.1) is 6.58 Å². The molecule has 3 nitrogen and oxygen atoms in total. The van der Waals surface area contributed by atoms with E-state index in [-0.39, 0.29) is 11.9 Å². The third-order valence-electron chi connectivity index (χ3n) is 3.34. The summed E-state index contributed by atoms with van der Waals surface area (Å²) in [7, 11) is 0. The van der Waals surface area contributed by atoms with Crippen LogP contribution in [0.3, 0.4) is 0 Å². The molecule has 0 saturated heterocycles. The third kappa shape index (κ3) is 4.52. The van der Waals surface area contributed by atoms with E-state index in [1.54, 1.807) is 6.08 Å². The topological polar surface area (TPSA) is 46.3 Å². The molecule has 0 aliphatic rings. The third-order valence-corrected chi connectivity index (χ3v) is 3.34. The van der Waals surface area contributed by atoms with Crippen LogP contribution in [0.15, 0.2) is 43.0 Å². The van der Waals surface area contributed by atoms with E-state index in [4.69, 9.17) is 5.73 Å². The average molecular weight is 260 g/mol. The molecule has 0 fully saturated rings. The molecule has 0 heterocycles. The van der Waals surface area contributed by atoms with Crippen molar-refractivity contribution >= 4 is 5.91 Å². The first-order valence-electron chi connectivity index (χ1n) is 6.81. The second-order valence-corrected chi connectivity index (χ2v) is 4.84. The monoisotopic (exact) mass is 260 g/mol. The zero-order chi connectivity index (χ0) is 14.3. The van der Waals surface area contributed by atoms with Crippen molar-refractivity contribution in [3.05, 3.63) is 48.6 Å². The SMILES string of the molecule is C=CCC(N)C(=O)N(Cc1ccccc1)C(C)CC. The molecular weight excluding hydrogens is 236 g/mol. The Morgan fingerprint density at radius 3 is 2.58 bits per heavy atom. The zero-order valence-electron chi connectivity index (χ0n) is 11.9. The number of hydrogen-bond donors (Lipinski definition) is 1. The molecule has 0 aliphatic carbocycles. The van der Waals surface area contributed by atoms with E-state index < -0.39 is 6.04 Å². The molecule has 104 valence electrons. The fourth-order valence-corrected chi connectivity index (χ4v) is 1.94. The van der Waals surface area contributed by atoms with Gasteiger partial charge in [0.15, 0.2) is 0 Å². The molecule has 19 heavy (non-hydrogen) atoms. The van der Waals surface area contributed by atoms with Gasteiger partial charge in [-0.3, -0.25) is 4.79 Å². The Morgan fingerprint density at radius 1 is 1.42 bits per heavy atom. The molecule has 0 saturated carbocycles. The first-order chi connectivity index (χ1) is 9.10. The number of amides is 1. The molecule has 1 aromatic carbocycles. The van der Waals surface area contributed by atoms with E-state index in [2.05, 4.69) is 20.4 Å². The van der Waals surface area contributed by atoms with Crippen LogP contribution in [0.4, 0.5) is 0 Å². The summed E-state index contributed by atoms with van der Waals surface area (Å²) in [6, 6.07) is 9.70. The van der Waals surface area contributed by atoms with Crippen LogP contribution in [0.1, 0.15) is 32.3 Å². The number of rotatable bonds is 7. The first kappa shape index (κ1) is 15.4. The summed E-state index contributed by atoms with van der Waals surface area (Å²) in [6.45, 7) is 8.39. The van der Waals surface area contributed by atoms with E-state index >= 15 is 0 Å². The number of carbonyl (C=O) groups is 1. The first-order valence-corrected chi connectivity index (χ1v) is 6.81. The van der Waals surface area contributed by atoms with Crippen molar-refractivity contribution in [2.75, 3.05) is 0 Å². The summed E-state index contributed by atoms with van der Waals surface area (Å²) >= 11 is 0. The predicted molar refractivity (Wildman–Crippen MR) is 79.5 cm³/mol. The van der Waals surface area contributed by atoms with E-state index in [0.717, 1.165) is 12.0 Å². The van der Waals surface area contributed by atoms with Crippen molar-refractivity contribution in [2.24, 2.45) is 5.73 Å². The fraction of sp³-hybridized carbons (Fsp3) is 0.438. The van der Waals surface area contributed by atoms with Gasteiger partial charge in [0.1, 0.15) is 0 Å². The van der Waals surface area contributed by atoms with Crippen molar-refractivity contribution in [3.63, 3.8) is 0 Å². The van der Waals surface area contributed by atoms with Gasteiger partial charge in [-0.05, 0) is 25.3 Å². The number of hydrogen-bond acceptors (Lipinski definition) is 2. The maximum atomic E-state index is 12.4. The quantitative estimate of drug-likeness (QED) is 0.766. The Balaban J connectivity index is 2.83. The Morgan fingerprint density at radius 2 is 2.05 bits per heavy atom. The molecule has 1 aromatic rings. The van der Waals surface area contributed by atoms with Crippen LogP contribution in [-0.2, 0) is 11.3 Å². The van der Waals surface area contributed by atoms with Crippen LogP contribution in [0, 0.1) is 0 Å². The van der Waals surface area contributed by atoms with E-state index in [1.165, 1.54) is 0 Å². The Labute approximate surface area is 116 Å². The number of nitrogens with two attached hydrogens (primary N) is 1. The smallest absolute Gasteiger partial charge is 0.240 e. The second kappa shape index (κ2) is 7.74. The van der Waals surface area contributed by atoms with Crippen LogP contribution < -0.4 is 5.73 Å². The summed E-state index contributed by atoms with van der Waals surface area (Å²) < 4.78 is 0. The van der Waals surface area contributed by atoms with E-state index in [0.29, 0.717) is 13.0 Å². The van der Waals surface area contributed by atoms with Crippen LogP contribution >= 0.6 is 0 Å². The molecule has 2 unspecified atom stereocenters.